The third-order valence-corrected chi connectivity index (χ3v) is 1.38. The van der Waals surface area contributed by atoms with Gasteiger partial charge < -0.3 is 5.11 Å². The summed E-state index contributed by atoms with van der Waals surface area (Å²) in [5.74, 6) is 4.04. The minimum Gasteiger partial charge on any atom is -0.481 e. The van der Waals surface area contributed by atoms with Gasteiger partial charge in [-0.05, 0) is 18.1 Å². The molecule has 0 saturated heterocycles. The van der Waals surface area contributed by atoms with Crippen molar-refractivity contribution in [3.63, 3.8) is 0 Å². The third-order valence-electron chi connectivity index (χ3n) is 1.38. The zero-order valence-electron chi connectivity index (χ0n) is 7.23. The fourth-order valence-corrected chi connectivity index (χ4v) is 0.759. The van der Waals surface area contributed by atoms with Gasteiger partial charge >= 0.3 is 5.97 Å². The van der Waals surface area contributed by atoms with E-state index in [9.17, 15) is 9.59 Å². The normalized spacial score (nSPS) is 8.57. The number of hydrogen-bond donors (Lipinski definition) is 1. The topological polar surface area (TPSA) is 67.3 Å². The molecular formula is C10H7NO3. The van der Waals surface area contributed by atoms with Gasteiger partial charge in [-0.3, -0.25) is 9.59 Å². The highest BCUT2D eigenvalue weighted by molar-refractivity contribution is 5.74. The Labute approximate surface area is 80.6 Å². The average molecular weight is 189 g/mol. The van der Waals surface area contributed by atoms with Crippen LogP contribution in [-0.2, 0) is 4.79 Å². The average Bonchev–Trinajstić information content (AvgIpc) is 2.18. The first kappa shape index (κ1) is 9.93. The molecular weight excluding hydrogens is 182 g/mol. The lowest BCUT2D eigenvalue weighted by Crippen LogP contribution is -1.91. The van der Waals surface area contributed by atoms with Crippen molar-refractivity contribution in [1.82, 2.24) is 4.98 Å². The number of aliphatic carboxylic acids is 1. The standard InChI is InChI=1S/C10H7NO3/c12-7-8-4-5-9(11-6-8)2-1-3-10(13)14/h4-7H,3H2,(H,13,14). The van der Waals surface area contributed by atoms with Crippen molar-refractivity contribution in [2.75, 3.05) is 0 Å². The van der Waals surface area contributed by atoms with Gasteiger partial charge in [0.15, 0.2) is 6.29 Å². The Morgan fingerprint density at radius 2 is 2.36 bits per heavy atom. The van der Waals surface area contributed by atoms with E-state index in [0.717, 1.165) is 0 Å². The third kappa shape index (κ3) is 3.07. The molecule has 70 valence electrons. The van der Waals surface area contributed by atoms with Crippen LogP contribution in [0.15, 0.2) is 18.3 Å². The zero-order chi connectivity index (χ0) is 10.4. The highest BCUT2D eigenvalue weighted by atomic mass is 16.4. The zero-order valence-corrected chi connectivity index (χ0v) is 7.23. The van der Waals surface area contributed by atoms with Gasteiger partial charge in [0.25, 0.3) is 0 Å². The Morgan fingerprint density at radius 3 is 2.86 bits per heavy atom. The molecule has 0 aromatic carbocycles. The molecule has 0 saturated carbocycles. The largest absolute Gasteiger partial charge is 0.481 e. The quantitative estimate of drug-likeness (QED) is 0.549. The Kier molecular flexibility index (Phi) is 3.39. The number of carboxylic acids is 1. The highest BCUT2D eigenvalue weighted by Crippen LogP contribution is 1.95. The second-order valence-corrected chi connectivity index (χ2v) is 2.47. The van der Waals surface area contributed by atoms with Crippen LogP contribution in [0.4, 0.5) is 0 Å². The number of carboxylic acid groups (broad SMARTS) is 1. The number of nitrogens with zero attached hydrogens (tertiary/aromatic N) is 1. The summed E-state index contributed by atoms with van der Waals surface area (Å²) in [6.07, 6.45) is 1.86. The van der Waals surface area contributed by atoms with E-state index in [2.05, 4.69) is 16.8 Å². The van der Waals surface area contributed by atoms with Crippen LogP contribution < -0.4 is 0 Å². The van der Waals surface area contributed by atoms with Crippen molar-refractivity contribution in [2.24, 2.45) is 0 Å². The van der Waals surface area contributed by atoms with E-state index in [1.165, 1.54) is 6.20 Å². The number of rotatable bonds is 2. The number of carbonyl (C=O) groups excluding carboxylic acids is 1. The van der Waals surface area contributed by atoms with E-state index in [1.807, 2.05) is 0 Å². The molecule has 0 unspecified atom stereocenters. The van der Waals surface area contributed by atoms with Crippen molar-refractivity contribution >= 4 is 12.3 Å². The maximum Gasteiger partial charge on any atom is 0.315 e. The summed E-state index contributed by atoms with van der Waals surface area (Å²) in [6.45, 7) is 0. The summed E-state index contributed by atoms with van der Waals surface area (Å²) in [5, 5.41) is 8.30. The van der Waals surface area contributed by atoms with E-state index in [4.69, 9.17) is 5.11 Å². The number of carbonyl (C=O) groups is 2. The first-order valence-electron chi connectivity index (χ1n) is 3.84. The van der Waals surface area contributed by atoms with Crippen molar-refractivity contribution in [3.05, 3.63) is 29.6 Å². The van der Waals surface area contributed by atoms with Crippen molar-refractivity contribution in [1.29, 1.82) is 0 Å². The molecule has 0 atom stereocenters. The monoisotopic (exact) mass is 189 g/mol. The molecule has 4 nitrogen and oxygen atoms in total. The van der Waals surface area contributed by atoms with E-state index in [1.54, 1.807) is 12.1 Å². The van der Waals surface area contributed by atoms with Crippen LogP contribution in [0.1, 0.15) is 22.5 Å². The van der Waals surface area contributed by atoms with Crippen LogP contribution in [0.25, 0.3) is 0 Å². The highest BCUT2D eigenvalue weighted by Gasteiger charge is 1.92. The summed E-state index contributed by atoms with van der Waals surface area (Å²) in [4.78, 5) is 24.2. The number of pyridine rings is 1. The first-order valence-corrected chi connectivity index (χ1v) is 3.84. The van der Waals surface area contributed by atoms with E-state index >= 15 is 0 Å². The predicted molar refractivity (Wildman–Crippen MR) is 48.8 cm³/mol. The second kappa shape index (κ2) is 4.77. The van der Waals surface area contributed by atoms with Crippen molar-refractivity contribution in [3.8, 4) is 11.8 Å². The number of aldehydes is 1. The van der Waals surface area contributed by atoms with E-state index in [-0.39, 0.29) is 6.42 Å². The second-order valence-electron chi connectivity index (χ2n) is 2.47. The van der Waals surface area contributed by atoms with Crippen LogP contribution in [0.5, 0.6) is 0 Å². The molecule has 4 heteroatoms. The van der Waals surface area contributed by atoms with Gasteiger partial charge in [0.2, 0.25) is 0 Å². The molecule has 0 bridgehead atoms. The summed E-state index contributed by atoms with van der Waals surface area (Å²) >= 11 is 0. The fourth-order valence-electron chi connectivity index (χ4n) is 0.759. The molecule has 0 radical (unpaired) electrons. The lowest BCUT2D eigenvalue weighted by atomic mass is 10.2. The minimum absolute atomic E-state index is 0.211. The molecule has 0 fully saturated rings. The Morgan fingerprint density at radius 1 is 1.57 bits per heavy atom. The molecule has 0 aliphatic rings. The number of hydrogen-bond acceptors (Lipinski definition) is 3. The van der Waals surface area contributed by atoms with Crippen LogP contribution in [-0.4, -0.2) is 22.3 Å². The van der Waals surface area contributed by atoms with Gasteiger partial charge in [-0.15, -0.1) is 0 Å². The minimum atomic E-state index is -0.970. The van der Waals surface area contributed by atoms with Gasteiger partial charge in [0, 0.05) is 11.8 Å². The molecule has 1 N–H and O–H groups in total. The molecule has 1 aromatic rings. The van der Waals surface area contributed by atoms with Crippen molar-refractivity contribution < 1.29 is 14.7 Å². The maximum absolute atomic E-state index is 10.3. The summed E-state index contributed by atoms with van der Waals surface area (Å²) in [7, 11) is 0. The van der Waals surface area contributed by atoms with Gasteiger partial charge in [0.05, 0.1) is 0 Å². The lowest BCUT2D eigenvalue weighted by molar-refractivity contribution is -0.135. The Balaban J connectivity index is 2.71. The molecule has 0 amide bonds. The Hall–Kier alpha value is -2.15. The van der Waals surface area contributed by atoms with Crippen molar-refractivity contribution in [2.45, 2.75) is 6.42 Å². The maximum atomic E-state index is 10.3. The SMILES string of the molecule is O=Cc1ccc(C#CCC(=O)O)nc1. The fraction of sp³-hybridized carbons (Fsp3) is 0.100. The smallest absolute Gasteiger partial charge is 0.315 e. The summed E-state index contributed by atoms with van der Waals surface area (Å²) in [5.41, 5.74) is 0.922. The van der Waals surface area contributed by atoms with Crippen LogP contribution in [0.2, 0.25) is 0 Å². The molecule has 0 aliphatic carbocycles. The summed E-state index contributed by atoms with van der Waals surface area (Å²) in [6, 6.07) is 3.14. The molecule has 14 heavy (non-hydrogen) atoms. The molecule has 1 heterocycles. The lowest BCUT2D eigenvalue weighted by Gasteiger charge is -1.89. The number of aromatic nitrogens is 1. The van der Waals surface area contributed by atoms with Crippen LogP contribution in [0.3, 0.4) is 0 Å². The molecule has 0 spiro atoms. The molecule has 1 aromatic heterocycles. The van der Waals surface area contributed by atoms with Gasteiger partial charge in [-0.2, -0.15) is 0 Å². The van der Waals surface area contributed by atoms with E-state index < -0.39 is 5.97 Å². The predicted octanol–water partition coefficient (Wildman–Crippen LogP) is 0.720. The van der Waals surface area contributed by atoms with Crippen LogP contribution in [0, 0.1) is 11.8 Å². The summed E-state index contributed by atoms with van der Waals surface area (Å²) < 4.78 is 0. The van der Waals surface area contributed by atoms with Gasteiger partial charge in [-0.1, -0.05) is 5.92 Å². The Bertz CT molecular complexity index is 398. The van der Waals surface area contributed by atoms with Gasteiger partial charge in [0.1, 0.15) is 12.1 Å². The first-order chi connectivity index (χ1) is 6.72. The van der Waals surface area contributed by atoms with E-state index in [0.29, 0.717) is 17.5 Å². The van der Waals surface area contributed by atoms with Crippen LogP contribution >= 0.6 is 0 Å². The van der Waals surface area contributed by atoms with Gasteiger partial charge in [-0.25, -0.2) is 4.98 Å². The molecule has 1 rings (SSSR count). The molecule has 0 aliphatic heterocycles.